The van der Waals surface area contributed by atoms with Crippen molar-refractivity contribution in [3.05, 3.63) is 0 Å². The molecular formula is C6H20K2Na3O13P. The molecule has 11 N–H and O–H groups in total. The van der Waals surface area contributed by atoms with Crippen LogP contribution in [0.3, 0.4) is 0 Å². The summed E-state index contributed by atoms with van der Waals surface area (Å²) in [6.07, 6.45) is -2.72. The maximum atomic E-state index is 10.8. The summed E-state index contributed by atoms with van der Waals surface area (Å²) >= 11 is 0. The van der Waals surface area contributed by atoms with Gasteiger partial charge in [-0.05, 0) is 0 Å². The van der Waals surface area contributed by atoms with Crippen molar-refractivity contribution >= 4 is 217 Å². The van der Waals surface area contributed by atoms with E-state index in [9.17, 15) is 24.1 Å². The zero-order chi connectivity index (χ0) is 13.9. The Hall–Kier alpha value is 4.67. The van der Waals surface area contributed by atoms with E-state index in [2.05, 4.69) is 4.52 Å². The van der Waals surface area contributed by atoms with Gasteiger partial charge in [-0.25, -0.2) is 9.36 Å². The fourth-order valence-electron chi connectivity index (χ4n) is 0.868. The standard InChI is InChI=1S/C6H9O10P.2K.3Na.3H2O.5H/c7-3(8)1-6(12,5(10)11)2-4(9)16-17(13,14)15;;;;;;;;;;;;;/h12H,1-2H2,(H,7,8)(H,10,11)(H2,13,14,15);;;;;;3*1H2;;;;;. The average molecular weight is 478 g/mol. The molecule has 0 aromatic carbocycles. The van der Waals surface area contributed by atoms with Crippen LogP contribution in [0, 0.1) is 0 Å². The summed E-state index contributed by atoms with van der Waals surface area (Å²) in [5.41, 5.74) is -2.99. The third-order valence-corrected chi connectivity index (χ3v) is 1.94. The van der Waals surface area contributed by atoms with Gasteiger partial charge in [0, 0.05) is 0 Å². The van der Waals surface area contributed by atoms with E-state index in [4.69, 9.17) is 20.0 Å². The molecule has 132 valence electrons. The van der Waals surface area contributed by atoms with Gasteiger partial charge in [0.05, 0.1) is 12.8 Å². The maximum absolute atomic E-state index is 10.8. The van der Waals surface area contributed by atoms with E-state index < -0.39 is 44.2 Å². The van der Waals surface area contributed by atoms with Crippen LogP contribution in [0.15, 0.2) is 0 Å². The van der Waals surface area contributed by atoms with Crippen molar-refractivity contribution in [1.29, 1.82) is 0 Å². The van der Waals surface area contributed by atoms with Gasteiger partial charge in [-0.3, -0.25) is 19.4 Å². The normalized spacial score (nSPS) is 10.0. The Morgan fingerprint density at radius 1 is 0.880 bits per heavy atom. The molecule has 0 spiro atoms. The zero-order valence-electron chi connectivity index (χ0n) is 9.64. The van der Waals surface area contributed by atoms with E-state index >= 15 is 0 Å². The molecule has 0 aromatic heterocycles. The number of hydrogen-bond donors (Lipinski definition) is 5. The number of phosphoric acid groups is 1. The summed E-state index contributed by atoms with van der Waals surface area (Å²) in [5.74, 6) is -5.47. The van der Waals surface area contributed by atoms with E-state index in [1.165, 1.54) is 0 Å². The molecule has 0 aliphatic heterocycles. The molecule has 25 heavy (non-hydrogen) atoms. The number of carbonyl (C=O) groups is 3. The number of aliphatic hydroxyl groups is 1. The number of rotatable bonds is 6. The summed E-state index contributed by atoms with van der Waals surface area (Å²) in [7, 11) is -5.17. The van der Waals surface area contributed by atoms with E-state index in [1.807, 2.05) is 0 Å². The number of phosphoric ester groups is 1. The second-order valence-electron chi connectivity index (χ2n) is 3.04. The summed E-state index contributed by atoms with van der Waals surface area (Å²) in [6, 6.07) is 0. The number of carbonyl (C=O) groups excluding carboxylic acids is 1. The van der Waals surface area contributed by atoms with Crippen LogP contribution in [0.5, 0.6) is 0 Å². The number of hydrogen-bond acceptors (Lipinski definition) is 6. The summed E-state index contributed by atoms with van der Waals surface area (Å²) < 4.78 is 13.7. The molecule has 0 amide bonds. The van der Waals surface area contributed by atoms with Gasteiger partial charge in [0.25, 0.3) is 0 Å². The first kappa shape index (κ1) is 57.1. The van der Waals surface area contributed by atoms with Crippen molar-refractivity contribution in [3.63, 3.8) is 0 Å². The monoisotopic (exact) mass is 478 g/mol. The second kappa shape index (κ2) is 26.7. The predicted molar refractivity (Wildman–Crippen MR) is 94.2 cm³/mol. The fraction of sp³-hybridized carbons (Fsp3) is 0.500. The first-order valence-electron chi connectivity index (χ1n) is 3.92. The van der Waals surface area contributed by atoms with Gasteiger partial charge < -0.3 is 36.3 Å². The molecule has 0 saturated carbocycles. The SMILES string of the molecule is O.O.O.O=C(O)CC(O)(CC(=O)OP(=O)(O)O)C(=O)O.[KH].[KH].[NaH].[NaH].[NaH]. The number of carboxylic acids is 2. The average Bonchev–Trinajstić information content (AvgIpc) is 1.96. The van der Waals surface area contributed by atoms with Crippen molar-refractivity contribution in [2.24, 2.45) is 0 Å². The van der Waals surface area contributed by atoms with Crippen LogP contribution >= 0.6 is 7.82 Å². The van der Waals surface area contributed by atoms with Crippen LogP contribution in [0.25, 0.3) is 0 Å². The Morgan fingerprint density at radius 3 is 1.40 bits per heavy atom. The first-order chi connectivity index (χ1) is 7.46. The molecule has 13 nitrogen and oxygen atoms in total. The number of aliphatic carboxylic acids is 2. The molecule has 0 aliphatic carbocycles. The third-order valence-electron chi connectivity index (χ3n) is 1.50. The van der Waals surface area contributed by atoms with Gasteiger partial charge in [-0.2, -0.15) is 0 Å². The summed E-state index contributed by atoms with van der Waals surface area (Å²) in [6.45, 7) is 0. The summed E-state index contributed by atoms with van der Waals surface area (Å²) in [5, 5.41) is 26.1. The van der Waals surface area contributed by atoms with Gasteiger partial charge in [0.1, 0.15) is 0 Å². The Bertz CT molecular complexity index is 407. The van der Waals surface area contributed by atoms with Crippen LogP contribution < -0.4 is 0 Å². The Kier molecular flexibility index (Phi) is 61.0. The molecular weight excluding hydrogens is 458 g/mol. The van der Waals surface area contributed by atoms with Crippen molar-refractivity contribution in [1.82, 2.24) is 0 Å². The van der Waals surface area contributed by atoms with Gasteiger partial charge in [-0.1, -0.05) is 0 Å². The molecule has 0 heterocycles. The fourth-order valence-corrected chi connectivity index (χ4v) is 1.20. The zero-order valence-corrected chi connectivity index (χ0v) is 10.5. The molecule has 1 atom stereocenters. The van der Waals surface area contributed by atoms with Gasteiger partial charge in [0.15, 0.2) is 5.60 Å². The van der Waals surface area contributed by atoms with Gasteiger partial charge in [0.2, 0.25) is 0 Å². The van der Waals surface area contributed by atoms with Crippen molar-refractivity contribution in [2.75, 3.05) is 0 Å². The van der Waals surface area contributed by atoms with Crippen molar-refractivity contribution in [3.8, 4) is 0 Å². The van der Waals surface area contributed by atoms with Crippen LogP contribution in [0.2, 0.25) is 0 Å². The van der Waals surface area contributed by atoms with Crippen LogP contribution in [0.1, 0.15) is 12.8 Å². The van der Waals surface area contributed by atoms with Gasteiger partial charge in [-0.15, -0.1) is 0 Å². The molecule has 0 aromatic rings. The molecule has 0 bridgehead atoms. The van der Waals surface area contributed by atoms with Crippen LogP contribution in [-0.4, -0.2) is 256 Å². The predicted octanol–water partition coefficient (Wildman–Crippen LogP) is -7.41. The van der Waals surface area contributed by atoms with E-state index in [1.54, 1.807) is 0 Å². The van der Waals surface area contributed by atoms with Crippen molar-refractivity contribution < 1.29 is 65.0 Å². The topological polar surface area (TPSA) is 273 Å². The van der Waals surface area contributed by atoms with Crippen LogP contribution in [-0.2, 0) is 23.5 Å². The first-order valence-corrected chi connectivity index (χ1v) is 5.45. The minimum atomic E-state index is -5.17. The van der Waals surface area contributed by atoms with Crippen molar-refractivity contribution in [2.45, 2.75) is 18.4 Å². The molecule has 0 radical (unpaired) electrons. The minimum absolute atomic E-state index is 0. The second-order valence-corrected chi connectivity index (χ2v) is 4.20. The Morgan fingerprint density at radius 2 is 1.20 bits per heavy atom. The van der Waals surface area contributed by atoms with E-state index in [-0.39, 0.29) is 208 Å². The Labute approximate surface area is 293 Å². The molecule has 0 rings (SSSR count). The summed E-state index contributed by atoms with van der Waals surface area (Å²) in [4.78, 5) is 48.1. The van der Waals surface area contributed by atoms with E-state index in [0.717, 1.165) is 0 Å². The van der Waals surface area contributed by atoms with Gasteiger partial charge >= 0.3 is 217 Å². The third kappa shape index (κ3) is 30.9. The Balaban J connectivity index is -0.0000000457. The molecule has 1 unspecified atom stereocenters. The number of carboxylic acid groups (broad SMARTS) is 2. The molecule has 0 saturated heterocycles. The quantitative estimate of drug-likeness (QED) is 0.178. The van der Waals surface area contributed by atoms with E-state index in [0.29, 0.717) is 0 Å². The molecule has 19 heteroatoms. The molecule has 0 fully saturated rings. The molecule has 0 aliphatic rings. The van der Waals surface area contributed by atoms with Crippen LogP contribution in [0.4, 0.5) is 0 Å².